The molecular weight excluding hydrogens is 362 g/mol. The van der Waals surface area contributed by atoms with Crippen LogP contribution in [-0.2, 0) is 4.79 Å². The zero-order valence-electron chi connectivity index (χ0n) is 15.8. The SMILES string of the molecule is CCOc1ccc(C(=O)c2ccccc2)c(OCC(=O)N(CCO)CCO)c1. The summed E-state index contributed by atoms with van der Waals surface area (Å²) >= 11 is 0. The Hall–Kier alpha value is -2.90. The van der Waals surface area contributed by atoms with E-state index in [-0.39, 0.29) is 44.4 Å². The molecule has 0 fully saturated rings. The van der Waals surface area contributed by atoms with E-state index in [0.717, 1.165) is 0 Å². The molecule has 2 aromatic carbocycles. The molecule has 1 amide bonds. The summed E-state index contributed by atoms with van der Waals surface area (Å²) in [6.45, 7) is 1.71. The Bertz CT molecular complexity index is 772. The van der Waals surface area contributed by atoms with E-state index in [9.17, 15) is 9.59 Å². The van der Waals surface area contributed by atoms with Crippen molar-refractivity contribution < 1.29 is 29.3 Å². The molecule has 0 radical (unpaired) electrons. The van der Waals surface area contributed by atoms with Gasteiger partial charge in [0.2, 0.25) is 0 Å². The molecule has 0 aromatic heterocycles. The molecule has 0 aliphatic carbocycles. The number of aliphatic hydroxyl groups is 2. The van der Waals surface area contributed by atoms with Gasteiger partial charge in [0.15, 0.2) is 12.4 Å². The number of hydrogen-bond donors (Lipinski definition) is 2. The van der Waals surface area contributed by atoms with E-state index in [4.69, 9.17) is 19.7 Å². The molecule has 0 atom stereocenters. The second kappa shape index (κ2) is 11.1. The van der Waals surface area contributed by atoms with E-state index in [0.29, 0.717) is 23.5 Å². The zero-order valence-corrected chi connectivity index (χ0v) is 15.8. The number of ketones is 1. The molecule has 28 heavy (non-hydrogen) atoms. The number of aliphatic hydroxyl groups excluding tert-OH is 2. The second-order valence-corrected chi connectivity index (χ2v) is 5.90. The van der Waals surface area contributed by atoms with Crippen LogP contribution in [0.3, 0.4) is 0 Å². The number of amides is 1. The summed E-state index contributed by atoms with van der Waals surface area (Å²) in [6.07, 6.45) is 0. The van der Waals surface area contributed by atoms with Crippen LogP contribution in [-0.4, -0.2) is 66.3 Å². The Morgan fingerprint density at radius 1 is 0.964 bits per heavy atom. The smallest absolute Gasteiger partial charge is 0.260 e. The highest BCUT2D eigenvalue weighted by molar-refractivity contribution is 6.10. The molecule has 0 bridgehead atoms. The van der Waals surface area contributed by atoms with Gasteiger partial charge in [-0.15, -0.1) is 0 Å². The summed E-state index contributed by atoms with van der Waals surface area (Å²) in [5.41, 5.74) is 0.823. The largest absolute Gasteiger partial charge is 0.494 e. The topological polar surface area (TPSA) is 96.3 Å². The van der Waals surface area contributed by atoms with Gasteiger partial charge in [0.25, 0.3) is 5.91 Å². The van der Waals surface area contributed by atoms with Gasteiger partial charge in [0.05, 0.1) is 25.4 Å². The fraction of sp³-hybridized carbons (Fsp3) is 0.333. The van der Waals surface area contributed by atoms with Gasteiger partial charge in [-0.25, -0.2) is 0 Å². The lowest BCUT2D eigenvalue weighted by atomic mass is 10.0. The summed E-state index contributed by atoms with van der Waals surface area (Å²) in [7, 11) is 0. The molecule has 7 heteroatoms. The average Bonchev–Trinajstić information content (AvgIpc) is 2.72. The number of benzene rings is 2. The Balaban J connectivity index is 2.23. The van der Waals surface area contributed by atoms with Crippen LogP contribution in [0.4, 0.5) is 0 Å². The fourth-order valence-electron chi connectivity index (χ4n) is 2.64. The molecule has 2 rings (SSSR count). The van der Waals surface area contributed by atoms with Gasteiger partial charge in [-0.3, -0.25) is 9.59 Å². The number of hydrogen-bond acceptors (Lipinski definition) is 6. The predicted molar refractivity (Wildman–Crippen MR) is 104 cm³/mol. The monoisotopic (exact) mass is 387 g/mol. The Labute approximate surface area is 164 Å². The third-order valence-electron chi connectivity index (χ3n) is 3.99. The lowest BCUT2D eigenvalue weighted by molar-refractivity contribution is -0.134. The van der Waals surface area contributed by atoms with Gasteiger partial charge in [-0.05, 0) is 19.1 Å². The maximum atomic E-state index is 12.8. The van der Waals surface area contributed by atoms with E-state index in [2.05, 4.69) is 0 Å². The third kappa shape index (κ3) is 5.80. The number of rotatable bonds is 11. The van der Waals surface area contributed by atoms with E-state index >= 15 is 0 Å². The van der Waals surface area contributed by atoms with Crippen LogP contribution in [0.1, 0.15) is 22.8 Å². The van der Waals surface area contributed by atoms with E-state index in [1.54, 1.807) is 42.5 Å². The minimum absolute atomic E-state index is 0.0948. The highest BCUT2D eigenvalue weighted by Crippen LogP contribution is 2.27. The maximum Gasteiger partial charge on any atom is 0.260 e. The van der Waals surface area contributed by atoms with Gasteiger partial charge < -0.3 is 24.6 Å². The van der Waals surface area contributed by atoms with Crippen molar-refractivity contribution in [2.45, 2.75) is 6.92 Å². The number of ether oxygens (including phenoxy) is 2. The van der Waals surface area contributed by atoms with Gasteiger partial charge in [-0.1, -0.05) is 30.3 Å². The normalized spacial score (nSPS) is 10.4. The minimum atomic E-state index is -0.400. The van der Waals surface area contributed by atoms with Crippen LogP contribution < -0.4 is 9.47 Å². The highest BCUT2D eigenvalue weighted by atomic mass is 16.5. The molecular formula is C21H25NO6. The van der Waals surface area contributed by atoms with E-state index in [1.165, 1.54) is 4.90 Å². The van der Waals surface area contributed by atoms with Crippen molar-refractivity contribution in [3.63, 3.8) is 0 Å². The lowest BCUT2D eigenvalue weighted by Gasteiger charge is -2.21. The van der Waals surface area contributed by atoms with Crippen LogP contribution in [0.5, 0.6) is 11.5 Å². The average molecular weight is 387 g/mol. The van der Waals surface area contributed by atoms with Crippen molar-refractivity contribution in [1.29, 1.82) is 0 Å². The quantitative estimate of drug-likeness (QED) is 0.568. The van der Waals surface area contributed by atoms with E-state index < -0.39 is 5.91 Å². The van der Waals surface area contributed by atoms with Crippen molar-refractivity contribution >= 4 is 11.7 Å². The first-order valence-electron chi connectivity index (χ1n) is 9.09. The number of carbonyl (C=O) groups excluding carboxylic acids is 2. The van der Waals surface area contributed by atoms with Crippen molar-refractivity contribution in [3.8, 4) is 11.5 Å². The molecule has 0 saturated carbocycles. The van der Waals surface area contributed by atoms with Crippen LogP contribution in [0.25, 0.3) is 0 Å². The molecule has 0 spiro atoms. The number of nitrogens with zero attached hydrogens (tertiary/aromatic N) is 1. The van der Waals surface area contributed by atoms with Gasteiger partial charge in [0, 0.05) is 24.7 Å². The minimum Gasteiger partial charge on any atom is -0.494 e. The highest BCUT2D eigenvalue weighted by Gasteiger charge is 2.18. The van der Waals surface area contributed by atoms with Gasteiger partial charge in [0.1, 0.15) is 11.5 Å². The van der Waals surface area contributed by atoms with Gasteiger partial charge >= 0.3 is 0 Å². The third-order valence-corrected chi connectivity index (χ3v) is 3.99. The summed E-state index contributed by atoms with van der Waals surface area (Å²) in [6, 6.07) is 13.6. The first-order valence-corrected chi connectivity index (χ1v) is 9.09. The summed E-state index contributed by atoms with van der Waals surface area (Å²) in [4.78, 5) is 26.5. The Kier molecular flexibility index (Phi) is 8.45. The molecule has 0 heterocycles. The molecule has 150 valence electrons. The van der Waals surface area contributed by atoms with Crippen LogP contribution in [0, 0.1) is 0 Å². The number of carbonyl (C=O) groups is 2. The molecule has 2 aromatic rings. The van der Waals surface area contributed by atoms with E-state index in [1.807, 2.05) is 13.0 Å². The lowest BCUT2D eigenvalue weighted by Crippen LogP contribution is -2.39. The summed E-state index contributed by atoms with van der Waals surface area (Å²) in [5, 5.41) is 18.1. The Morgan fingerprint density at radius 2 is 1.64 bits per heavy atom. The summed E-state index contributed by atoms with van der Waals surface area (Å²) < 4.78 is 11.1. The van der Waals surface area contributed by atoms with Crippen molar-refractivity contribution in [2.75, 3.05) is 39.5 Å². The van der Waals surface area contributed by atoms with Crippen molar-refractivity contribution in [3.05, 3.63) is 59.7 Å². The maximum absolute atomic E-state index is 12.8. The van der Waals surface area contributed by atoms with Gasteiger partial charge in [-0.2, -0.15) is 0 Å². The standard InChI is InChI=1S/C21H25NO6/c1-2-27-17-8-9-18(21(26)16-6-4-3-5-7-16)19(14-17)28-15-20(25)22(10-12-23)11-13-24/h3-9,14,23-24H,2,10-13,15H2,1H3. The Morgan fingerprint density at radius 3 is 2.25 bits per heavy atom. The van der Waals surface area contributed by atoms with Crippen molar-refractivity contribution in [2.24, 2.45) is 0 Å². The molecule has 0 saturated heterocycles. The molecule has 7 nitrogen and oxygen atoms in total. The molecule has 0 unspecified atom stereocenters. The van der Waals surface area contributed by atoms with Crippen molar-refractivity contribution in [1.82, 2.24) is 4.90 Å². The van der Waals surface area contributed by atoms with Crippen LogP contribution >= 0.6 is 0 Å². The second-order valence-electron chi connectivity index (χ2n) is 5.90. The molecule has 2 N–H and O–H groups in total. The first kappa shape index (κ1) is 21.4. The molecule has 0 aliphatic heterocycles. The first-order chi connectivity index (χ1) is 13.6. The summed E-state index contributed by atoms with van der Waals surface area (Å²) in [5.74, 6) is 0.134. The molecule has 0 aliphatic rings. The van der Waals surface area contributed by atoms with Crippen LogP contribution in [0.2, 0.25) is 0 Å². The van der Waals surface area contributed by atoms with Crippen LogP contribution in [0.15, 0.2) is 48.5 Å². The predicted octanol–water partition coefficient (Wildman–Crippen LogP) is 1.51. The zero-order chi connectivity index (χ0) is 20.4. The fourth-order valence-corrected chi connectivity index (χ4v) is 2.64.